The second-order valence-electron chi connectivity index (χ2n) is 7.55. The average molecular weight is 433 g/mol. The van der Waals surface area contributed by atoms with Crippen molar-refractivity contribution in [2.24, 2.45) is 0 Å². The van der Waals surface area contributed by atoms with Crippen LogP contribution in [0.1, 0.15) is 46.5 Å². The van der Waals surface area contributed by atoms with E-state index in [1.807, 2.05) is 0 Å². The monoisotopic (exact) mass is 432 g/mol. The van der Waals surface area contributed by atoms with Gasteiger partial charge in [-0.25, -0.2) is 4.39 Å². The molecule has 6 nitrogen and oxygen atoms in total. The van der Waals surface area contributed by atoms with Gasteiger partial charge >= 0.3 is 0 Å². The molecule has 2 heterocycles. The van der Waals surface area contributed by atoms with Crippen molar-refractivity contribution in [3.05, 3.63) is 46.1 Å². The molecule has 2 aromatic rings. The first-order valence-corrected chi connectivity index (χ1v) is 11.1. The molecule has 30 heavy (non-hydrogen) atoms. The molecule has 2 N–H and O–H groups in total. The molecule has 1 unspecified atom stereocenters. The van der Waals surface area contributed by atoms with Crippen LogP contribution in [0.3, 0.4) is 0 Å². The summed E-state index contributed by atoms with van der Waals surface area (Å²) >= 11 is 1.47. The molecule has 1 aliphatic heterocycles. The smallest absolute Gasteiger partial charge is 0.262 e. The average Bonchev–Trinajstić information content (AvgIpc) is 3.39. The van der Waals surface area contributed by atoms with E-state index in [0.717, 1.165) is 50.7 Å². The number of hydrogen-bond donors (Lipinski definition) is 2. The lowest BCUT2D eigenvalue weighted by molar-refractivity contribution is -0.118. The highest BCUT2D eigenvalue weighted by molar-refractivity contribution is 7.17. The summed E-state index contributed by atoms with van der Waals surface area (Å²) in [5, 5.41) is 6.39. The number of ether oxygens (including phenoxy) is 2. The number of fused-ring (bicyclic) bond motifs is 1. The minimum Gasteiger partial charge on any atom is -0.484 e. The summed E-state index contributed by atoms with van der Waals surface area (Å²) in [6, 6.07) is 5.49. The van der Waals surface area contributed by atoms with E-state index in [2.05, 4.69) is 10.6 Å². The molecule has 1 aromatic heterocycles. The third kappa shape index (κ3) is 4.99. The molecule has 1 aromatic carbocycles. The molecule has 0 bridgehead atoms. The molecule has 2 amide bonds. The maximum atomic E-state index is 13.0. The third-order valence-corrected chi connectivity index (χ3v) is 6.56. The Morgan fingerprint density at radius 1 is 1.17 bits per heavy atom. The van der Waals surface area contributed by atoms with Gasteiger partial charge in [-0.15, -0.1) is 11.3 Å². The van der Waals surface area contributed by atoms with Crippen molar-refractivity contribution in [1.29, 1.82) is 0 Å². The number of carbonyl (C=O) groups is 2. The number of anilines is 1. The standard InChI is InChI=1S/C22H25FN2O4S/c23-14-7-9-15(10-8-14)29-13-19(26)25-22-20(17-5-1-2-6-18(17)30-22)21(27)24-12-16-4-3-11-28-16/h7-10,16H,1-6,11-13H2,(H,24,27)(H,25,26). The summed E-state index contributed by atoms with van der Waals surface area (Å²) in [5.74, 6) is -0.480. The van der Waals surface area contributed by atoms with E-state index in [1.165, 1.54) is 40.5 Å². The van der Waals surface area contributed by atoms with Crippen LogP contribution in [0.4, 0.5) is 9.39 Å². The van der Waals surface area contributed by atoms with Gasteiger partial charge in [0.15, 0.2) is 6.61 Å². The number of thiophene rings is 1. The van der Waals surface area contributed by atoms with Gasteiger partial charge in [0.25, 0.3) is 11.8 Å². The number of halogens is 1. The van der Waals surface area contributed by atoms with E-state index in [9.17, 15) is 14.0 Å². The first-order valence-electron chi connectivity index (χ1n) is 10.3. The molecular weight excluding hydrogens is 407 g/mol. The van der Waals surface area contributed by atoms with E-state index in [1.54, 1.807) is 0 Å². The van der Waals surface area contributed by atoms with Crippen molar-refractivity contribution in [1.82, 2.24) is 5.32 Å². The van der Waals surface area contributed by atoms with Crippen LogP contribution in [-0.2, 0) is 22.4 Å². The Morgan fingerprint density at radius 3 is 2.73 bits per heavy atom. The van der Waals surface area contributed by atoms with Gasteiger partial charge in [0.05, 0.1) is 11.7 Å². The number of aryl methyl sites for hydroxylation is 1. The Labute approximate surface area is 178 Å². The quantitative estimate of drug-likeness (QED) is 0.700. The molecule has 1 aliphatic carbocycles. The van der Waals surface area contributed by atoms with Crippen LogP contribution in [0.5, 0.6) is 5.75 Å². The summed E-state index contributed by atoms with van der Waals surface area (Å²) in [6.45, 7) is 0.999. The van der Waals surface area contributed by atoms with Crippen LogP contribution in [0, 0.1) is 5.82 Å². The van der Waals surface area contributed by atoms with Crippen molar-refractivity contribution >= 4 is 28.2 Å². The van der Waals surface area contributed by atoms with Gasteiger partial charge in [-0.2, -0.15) is 0 Å². The SMILES string of the molecule is O=C(COc1ccc(F)cc1)Nc1sc2c(c1C(=O)NCC1CCCO1)CCCC2. The first-order chi connectivity index (χ1) is 14.6. The number of rotatable bonds is 7. The second-order valence-corrected chi connectivity index (χ2v) is 8.66. The van der Waals surface area contributed by atoms with Crippen LogP contribution in [0.2, 0.25) is 0 Å². The summed E-state index contributed by atoms with van der Waals surface area (Å²) in [4.78, 5) is 26.6. The number of amides is 2. The molecule has 1 atom stereocenters. The fraction of sp³-hybridized carbons (Fsp3) is 0.455. The van der Waals surface area contributed by atoms with Gasteiger partial charge in [-0.1, -0.05) is 0 Å². The summed E-state index contributed by atoms with van der Waals surface area (Å²) < 4.78 is 24.0. The normalized spacial score (nSPS) is 18.0. The number of nitrogens with one attached hydrogen (secondary N) is 2. The molecule has 1 saturated heterocycles. The maximum Gasteiger partial charge on any atom is 0.262 e. The van der Waals surface area contributed by atoms with Crippen molar-refractivity contribution in [2.75, 3.05) is 25.1 Å². The zero-order valence-electron chi connectivity index (χ0n) is 16.7. The van der Waals surface area contributed by atoms with Crippen LogP contribution in [0.15, 0.2) is 24.3 Å². The molecule has 0 saturated carbocycles. The number of benzene rings is 1. The second kappa shape index (κ2) is 9.57. The predicted octanol–water partition coefficient (Wildman–Crippen LogP) is 3.69. The molecule has 8 heteroatoms. The van der Waals surface area contributed by atoms with Crippen LogP contribution in [0.25, 0.3) is 0 Å². The highest BCUT2D eigenvalue weighted by Gasteiger charge is 2.27. The minimum absolute atomic E-state index is 0.0607. The Balaban J connectivity index is 1.43. The van der Waals surface area contributed by atoms with Gasteiger partial charge in [0.2, 0.25) is 0 Å². The number of hydrogen-bond acceptors (Lipinski definition) is 5. The lowest BCUT2D eigenvalue weighted by Gasteiger charge is -2.15. The zero-order valence-corrected chi connectivity index (χ0v) is 17.5. The van der Waals surface area contributed by atoms with Gasteiger partial charge in [-0.3, -0.25) is 9.59 Å². The fourth-order valence-electron chi connectivity index (χ4n) is 3.84. The van der Waals surface area contributed by atoms with Gasteiger partial charge in [0.1, 0.15) is 16.6 Å². The van der Waals surface area contributed by atoms with E-state index in [4.69, 9.17) is 9.47 Å². The van der Waals surface area contributed by atoms with Crippen molar-refractivity contribution < 1.29 is 23.5 Å². The highest BCUT2D eigenvalue weighted by Crippen LogP contribution is 2.38. The van der Waals surface area contributed by atoms with Gasteiger partial charge < -0.3 is 20.1 Å². The van der Waals surface area contributed by atoms with Crippen LogP contribution >= 0.6 is 11.3 Å². The van der Waals surface area contributed by atoms with Crippen molar-refractivity contribution in [3.8, 4) is 5.75 Å². The lowest BCUT2D eigenvalue weighted by Crippen LogP contribution is -2.33. The topological polar surface area (TPSA) is 76.7 Å². The predicted molar refractivity (Wildman–Crippen MR) is 113 cm³/mol. The Morgan fingerprint density at radius 2 is 1.97 bits per heavy atom. The Bertz CT molecular complexity index is 907. The highest BCUT2D eigenvalue weighted by atomic mass is 32.1. The minimum atomic E-state index is -0.366. The third-order valence-electron chi connectivity index (χ3n) is 5.35. The van der Waals surface area contributed by atoms with Gasteiger partial charge in [-0.05, 0) is 68.4 Å². The Hall–Kier alpha value is -2.45. The molecule has 2 aliphatic rings. The molecule has 4 rings (SSSR count). The summed E-state index contributed by atoms with van der Waals surface area (Å²) in [7, 11) is 0. The molecule has 160 valence electrons. The number of carbonyl (C=O) groups excluding carboxylic acids is 2. The lowest BCUT2D eigenvalue weighted by atomic mass is 9.95. The van der Waals surface area contributed by atoms with Crippen molar-refractivity contribution in [2.45, 2.75) is 44.6 Å². The largest absolute Gasteiger partial charge is 0.484 e. The Kier molecular flexibility index (Phi) is 6.64. The fourth-order valence-corrected chi connectivity index (χ4v) is 5.14. The molecular formula is C22H25FN2O4S. The van der Waals surface area contributed by atoms with E-state index in [-0.39, 0.29) is 30.3 Å². The molecule has 1 fully saturated rings. The van der Waals surface area contributed by atoms with Crippen LogP contribution in [-0.4, -0.2) is 37.7 Å². The van der Waals surface area contributed by atoms with E-state index < -0.39 is 0 Å². The maximum absolute atomic E-state index is 13.0. The molecule has 0 spiro atoms. The van der Waals surface area contributed by atoms with Crippen molar-refractivity contribution in [3.63, 3.8) is 0 Å². The molecule has 0 radical (unpaired) electrons. The summed E-state index contributed by atoms with van der Waals surface area (Å²) in [5.41, 5.74) is 1.62. The van der Waals surface area contributed by atoms with Gasteiger partial charge in [0, 0.05) is 18.0 Å². The first kappa shape index (κ1) is 20.8. The summed E-state index contributed by atoms with van der Waals surface area (Å²) in [6.07, 6.45) is 5.92. The van der Waals surface area contributed by atoms with Crippen LogP contribution < -0.4 is 15.4 Å². The zero-order chi connectivity index (χ0) is 20.9. The van der Waals surface area contributed by atoms with E-state index >= 15 is 0 Å². The van der Waals surface area contributed by atoms with E-state index in [0.29, 0.717) is 22.9 Å².